The van der Waals surface area contributed by atoms with Crippen LogP contribution in [0, 0.1) is 6.92 Å². The minimum atomic E-state index is 0.0334. The number of hydrogen-bond acceptors (Lipinski definition) is 12. The van der Waals surface area contributed by atoms with Crippen LogP contribution in [0.2, 0.25) is 0 Å². The Balaban J connectivity index is 1.35. The second-order valence-corrected chi connectivity index (χ2v) is 13.0. The second-order valence-electron chi connectivity index (χ2n) is 13.0. The number of piperazine rings is 1. The maximum atomic E-state index is 12.5. The molecule has 1 fully saturated rings. The first kappa shape index (κ1) is 36.8. The van der Waals surface area contributed by atoms with Crippen LogP contribution in [0.4, 0.5) is 22.2 Å². The van der Waals surface area contributed by atoms with E-state index in [1.807, 2.05) is 72.6 Å². The minimum Gasteiger partial charge on any atom is -0.497 e. The number of carbonyl (C=O) groups excluding carboxylic acids is 1. The van der Waals surface area contributed by atoms with Gasteiger partial charge < -0.3 is 34.2 Å². The maximum absolute atomic E-state index is 12.5. The molecule has 53 heavy (non-hydrogen) atoms. The molecule has 4 heterocycles. The van der Waals surface area contributed by atoms with E-state index >= 15 is 0 Å². The van der Waals surface area contributed by atoms with Crippen LogP contribution in [0.1, 0.15) is 22.5 Å². The molecule has 14 heteroatoms. The minimum absolute atomic E-state index is 0.0334. The molecular formula is C39H46N10O4. The van der Waals surface area contributed by atoms with E-state index in [2.05, 4.69) is 26.2 Å². The van der Waals surface area contributed by atoms with E-state index in [-0.39, 0.29) is 6.03 Å². The molecule has 3 aromatic heterocycles. The van der Waals surface area contributed by atoms with E-state index in [0.29, 0.717) is 62.0 Å². The van der Waals surface area contributed by atoms with Crippen LogP contribution in [0.3, 0.4) is 0 Å². The summed E-state index contributed by atoms with van der Waals surface area (Å²) in [6.07, 6.45) is 3.57. The average Bonchev–Trinajstić information content (AvgIpc) is 3.18. The van der Waals surface area contributed by atoms with Crippen LogP contribution in [0.15, 0.2) is 79.1 Å². The van der Waals surface area contributed by atoms with Gasteiger partial charge in [0.1, 0.15) is 23.1 Å². The summed E-state index contributed by atoms with van der Waals surface area (Å²) < 4.78 is 16.1. The number of urea groups is 1. The smallest absolute Gasteiger partial charge is 0.319 e. The number of amides is 2. The Morgan fingerprint density at radius 2 is 1.40 bits per heavy atom. The summed E-state index contributed by atoms with van der Waals surface area (Å²) in [7, 11) is 8.47. The van der Waals surface area contributed by atoms with Crippen molar-refractivity contribution in [2.75, 3.05) is 71.8 Å². The molecule has 6 rings (SSSR count). The number of aromatic nitrogens is 5. The van der Waals surface area contributed by atoms with Crippen LogP contribution in [-0.2, 0) is 19.6 Å². The second kappa shape index (κ2) is 17.0. The largest absolute Gasteiger partial charge is 0.497 e. The molecule has 1 saturated heterocycles. The standard InChI is InChI=1S/C39H46N10O4/c1-27-42-37(45-38(43-27)49(25-28-7-12-32(51-4)13-8-28)26-29-9-14-33(52-5)15-10-29)34-21-30(24-47-17-19-48(20-18-47)39(50)46(2)3)22-41-36(34)44-31-11-16-35(53-6)40-23-31/h7-16,21-23H,17-20,24-26H2,1-6H3,(H,41,44). The highest BCUT2D eigenvalue weighted by Crippen LogP contribution is 2.30. The molecule has 0 saturated carbocycles. The van der Waals surface area contributed by atoms with E-state index in [9.17, 15) is 4.79 Å². The lowest BCUT2D eigenvalue weighted by Crippen LogP contribution is -2.51. The quantitative estimate of drug-likeness (QED) is 0.167. The monoisotopic (exact) mass is 718 g/mol. The van der Waals surface area contributed by atoms with E-state index in [4.69, 9.17) is 34.1 Å². The van der Waals surface area contributed by atoms with Crippen molar-refractivity contribution >= 4 is 23.5 Å². The lowest BCUT2D eigenvalue weighted by Gasteiger charge is -2.36. The molecule has 2 amide bonds. The average molecular weight is 719 g/mol. The third kappa shape index (κ3) is 9.46. The van der Waals surface area contributed by atoms with Crippen molar-refractivity contribution in [3.8, 4) is 28.8 Å². The van der Waals surface area contributed by atoms with Crippen molar-refractivity contribution in [3.05, 3.63) is 102 Å². The van der Waals surface area contributed by atoms with Gasteiger partial charge in [-0.2, -0.15) is 9.97 Å². The Hall–Kier alpha value is -6.02. The number of methoxy groups -OCH3 is 3. The Bertz CT molecular complexity index is 1920. The zero-order chi connectivity index (χ0) is 37.3. The zero-order valence-electron chi connectivity index (χ0n) is 31.1. The number of nitrogens with one attached hydrogen (secondary N) is 1. The van der Waals surface area contributed by atoms with Gasteiger partial charge in [0.15, 0.2) is 5.82 Å². The van der Waals surface area contributed by atoms with Crippen molar-refractivity contribution in [2.45, 2.75) is 26.6 Å². The summed E-state index contributed by atoms with van der Waals surface area (Å²) in [5.41, 5.74) is 4.60. The molecule has 2 aromatic carbocycles. The summed E-state index contributed by atoms with van der Waals surface area (Å²) in [6, 6.07) is 21.8. The highest BCUT2D eigenvalue weighted by atomic mass is 16.5. The molecule has 0 radical (unpaired) electrons. The SMILES string of the molecule is COc1ccc(CN(Cc2ccc(OC)cc2)c2nc(C)nc(-c3cc(CN4CCN(C(=O)N(C)C)CC4)cnc3Nc3ccc(OC)nc3)n2)cc1. The lowest BCUT2D eigenvalue weighted by molar-refractivity contribution is 0.120. The van der Waals surface area contributed by atoms with Crippen molar-refractivity contribution in [2.24, 2.45) is 0 Å². The number of benzene rings is 2. The van der Waals surface area contributed by atoms with Gasteiger partial charge in [0.05, 0.1) is 38.8 Å². The summed E-state index contributed by atoms with van der Waals surface area (Å²) in [5.74, 6) is 4.26. The topological polar surface area (TPSA) is 134 Å². The Morgan fingerprint density at radius 3 is 1.94 bits per heavy atom. The van der Waals surface area contributed by atoms with Gasteiger partial charge in [0, 0.05) is 72.2 Å². The number of aryl methyl sites for hydroxylation is 1. The van der Waals surface area contributed by atoms with Gasteiger partial charge in [-0.15, -0.1) is 0 Å². The van der Waals surface area contributed by atoms with Crippen LogP contribution < -0.4 is 24.4 Å². The predicted molar refractivity (Wildman–Crippen MR) is 204 cm³/mol. The normalized spacial score (nSPS) is 13.0. The van der Waals surface area contributed by atoms with Gasteiger partial charge >= 0.3 is 6.03 Å². The molecule has 0 unspecified atom stereocenters. The molecule has 1 aliphatic rings. The first-order valence-corrected chi connectivity index (χ1v) is 17.4. The van der Waals surface area contributed by atoms with Gasteiger partial charge in [-0.3, -0.25) is 4.90 Å². The lowest BCUT2D eigenvalue weighted by atomic mass is 10.1. The fourth-order valence-corrected chi connectivity index (χ4v) is 6.04. The fraction of sp³-hybridized carbons (Fsp3) is 0.333. The number of rotatable bonds is 13. The number of carbonyl (C=O) groups is 1. The van der Waals surface area contributed by atoms with Crippen molar-refractivity contribution in [1.82, 2.24) is 39.6 Å². The fourth-order valence-electron chi connectivity index (χ4n) is 6.04. The highest BCUT2D eigenvalue weighted by Gasteiger charge is 2.23. The number of pyridine rings is 2. The molecule has 0 atom stereocenters. The Kier molecular flexibility index (Phi) is 11.8. The molecular weight excluding hydrogens is 672 g/mol. The molecule has 0 aliphatic carbocycles. The highest BCUT2D eigenvalue weighted by molar-refractivity contribution is 5.75. The van der Waals surface area contributed by atoms with E-state index in [1.165, 1.54) is 0 Å². The number of ether oxygens (including phenoxy) is 3. The molecule has 1 N–H and O–H groups in total. The molecule has 1 aliphatic heterocycles. The summed E-state index contributed by atoms with van der Waals surface area (Å²) in [4.78, 5) is 44.5. The van der Waals surface area contributed by atoms with Crippen molar-refractivity contribution in [1.29, 1.82) is 0 Å². The molecule has 0 spiro atoms. The molecule has 5 aromatic rings. The first-order chi connectivity index (χ1) is 25.7. The predicted octanol–water partition coefficient (Wildman–Crippen LogP) is 5.41. The summed E-state index contributed by atoms with van der Waals surface area (Å²) >= 11 is 0. The molecule has 14 nitrogen and oxygen atoms in total. The Labute approximate surface area is 310 Å². The van der Waals surface area contributed by atoms with Gasteiger partial charge in [0.25, 0.3) is 0 Å². The van der Waals surface area contributed by atoms with Crippen LogP contribution in [0.25, 0.3) is 11.4 Å². The maximum Gasteiger partial charge on any atom is 0.319 e. The third-order valence-corrected chi connectivity index (χ3v) is 8.91. The zero-order valence-corrected chi connectivity index (χ0v) is 31.1. The number of hydrogen-bond donors (Lipinski definition) is 1. The molecule has 0 bridgehead atoms. The van der Waals surface area contributed by atoms with Gasteiger partial charge in [-0.25, -0.2) is 19.7 Å². The van der Waals surface area contributed by atoms with Crippen LogP contribution in [0.5, 0.6) is 17.4 Å². The molecule has 276 valence electrons. The summed E-state index contributed by atoms with van der Waals surface area (Å²) in [5, 5.41) is 3.42. The van der Waals surface area contributed by atoms with Crippen molar-refractivity contribution < 1.29 is 19.0 Å². The van der Waals surface area contributed by atoms with Gasteiger partial charge in [-0.1, -0.05) is 24.3 Å². The number of anilines is 3. The van der Waals surface area contributed by atoms with Crippen LogP contribution >= 0.6 is 0 Å². The number of nitrogens with zero attached hydrogens (tertiary/aromatic N) is 9. The first-order valence-electron chi connectivity index (χ1n) is 17.4. The van der Waals surface area contributed by atoms with E-state index < -0.39 is 0 Å². The van der Waals surface area contributed by atoms with E-state index in [0.717, 1.165) is 52.5 Å². The summed E-state index contributed by atoms with van der Waals surface area (Å²) in [6.45, 7) is 6.46. The van der Waals surface area contributed by atoms with Crippen molar-refractivity contribution in [3.63, 3.8) is 0 Å². The van der Waals surface area contributed by atoms with Crippen LogP contribution in [-0.4, -0.2) is 107 Å². The van der Waals surface area contributed by atoms with Gasteiger partial charge in [0.2, 0.25) is 11.8 Å². The Morgan fingerprint density at radius 1 is 0.755 bits per heavy atom. The third-order valence-electron chi connectivity index (χ3n) is 8.91. The van der Waals surface area contributed by atoms with E-state index in [1.54, 1.807) is 52.6 Å². The van der Waals surface area contributed by atoms with Gasteiger partial charge in [-0.05, 0) is 60.0 Å².